The predicted molar refractivity (Wildman–Crippen MR) is 183 cm³/mol. The Morgan fingerprint density at radius 2 is 1.04 bits per heavy atom. The molecule has 7 nitrogen and oxygen atoms in total. The fourth-order valence-corrected chi connectivity index (χ4v) is 7.12. The van der Waals surface area contributed by atoms with Crippen LogP contribution in [-0.2, 0) is 19.2 Å². The Balaban J connectivity index is 0.000000628. The molecule has 0 amide bonds. The van der Waals surface area contributed by atoms with Crippen LogP contribution in [0.3, 0.4) is 0 Å². The third-order valence-corrected chi connectivity index (χ3v) is 9.57. The summed E-state index contributed by atoms with van der Waals surface area (Å²) >= 11 is 0. The number of rotatable bonds is 3. The summed E-state index contributed by atoms with van der Waals surface area (Å²) in [4.78, 5) is 47.9. The normalized spacial score (nSPS) is 27.5. The summed E-state index contributed by atoms with van der Waals surface area (Å²) in [6.45, 7) is 18.2. The zero-order valence-electron chi connectivity index (χ0n) is 27.0. The maximum absolute atomic E-state index is 12.2. The molecule has 5 rings (SSSR count). The van der Waals surface area contributed by atoms with Gasteiger partial charge in [0.25, 0.3) is 0 Å². The summed E-state index contributed by atoms with van der Waals surface area (Å²) in [5.41, 5.74) is -0.244. The number of fused-ring (bicyclic) bond motifs is 4. The Kier molecular flexibility index (Phi) is 14.1. The van der Waals surface area contributed by atoms with Gasteiger partial charge in [-0.15, -0.1) is 0 Å². The first-order valence-corrected chi connectivity index (χ1v) is 15.4. The number of allylic oxidation sites excluding steroid dienone is 7. The van der Waals surface area contributed by atoms with Crippen LogP contribution >= 0.6 is 0 Å². The lowest BCUT2D eigenvalue weighted by atomic mass is 9.62. The number of aliphatic hydroxyl groups excluding tert-OH is 3. The molecule has 0 radical (unpaired) electrons. The molecule has 5 aliphatic rings. The second-order valence-electron chi connectivity index (χ2n) is 14.5. The van der Waals surface area contributed by atoms with E-state index >= 15 is 0 Å². The minimum Gasteiger partial charge on any atom is -0.512 e. The molecular weight excluding hydrogens is 568 g/mol. The largest absolute Gasteiger partial charge is 0.512 e. The summed E-state index contributed by atoms with van der Waals surface area (Å²) in [6.07, 6.45) is 7.52. The van der Waals surface area contributed by atoms with Gasteiger partial charge in [-0.25, -0.2) is 0 Å². The zero-order valence-corrected chi connectivity index (χ0v) is 27.0. The Morgan fingerprint density at radius 1 is 0.600 bits per heavy atom. The number of ketones is 4. The third-order valence-electron chi connectivity index (χ3n) is 9.57. The molecule has 0 saturated heterocycles. The molecule has 256 valence electrons. The third kappa shape index (κ3) is 7.55. The quantitative estimate of drug-likeness (QED) is 0.209. The van der Waals surface area contributed by atoms with Crippen molar-refractivity contribution < 1.29 is 34.5 Å². The van der Waals surface area contributed by atoms with Gasteiger partial charge in [0.05, 0.1) is 10.8 Å². The molecule has 0 aliphatic heterocycles. The molecule has 0 aromatic carbocycles. The molecule has 0 aromatic rings. The van der Waals surface area contributed by atoms with Crippen LogP contribution in [0.5, 0.6) is 0 Å². The fourth-order valence-electron chi connectivity index (χ4n) is 7.12. The van der Waals surface area contributed by atoms with Gasteiger partial charge in [-0.2, -0.15) is 0 Å². The second kappa shape index (κ2) is 15.1. The maximum atomic E-state index is 12.2. The number of carbonyl (C=O) groups is 4. The molecular formula is C38H62O7. The van der Waals surface area contributed by atoms with Crippen LogP contribution in [0, 0.1) is 52.3 Å². The van der Waals surface area contributed by atoms with E-state index in [9.17, 15) is 34.5 Å². The van der Waals surface area contributed by atoms with E-state index in [1.807, 2.05) is 53.7 Å². The molecule has 1 fully saturated rings. The van der Waals surface area contributed by atoms with Gasteiger partial charge in [0.15, 0.2) is 23.1 Å². The molecule has 0 heterocycles. The van der Waals surface area contributed by atoms with Crippen molar-refractivity contribution >= 4 is 23.1 Å². The molecule has 1 saturated carbocycles. The number of carbonyl (C=O) groups excluding carboxylic acids is 4. The van der Waals surface area contributed by atoms with Crippen LogP contribution in [0.1, 0.15) is 117 Å². The molecule has 4 atom stereocenters. The van der Waals surface area contributed by atoms with Crippen LogP contribution < -0.4 is 0 Å². The van der Waals surface area contributed by atoms with Crippen molar-refractivity contribution in [2.75, 3.05) is 0 Å². The molecule has 3 N–H and O–H groups in total. The molecule has 4 bridgehead atoms. The van der Waals surface area contributed by atoms with Gasteiger partial charge < -0.3 is 15.3 Å². The highest BCUT2D eigenvalue weighted by atomic mass is 16.3. The van der Waals surface area contributed by atoms with E-state index in [0.29, 0.717) is 34.2 Å². The van der Waals surface area contributed by atoms with E-state index < -0.39 is 10.8 Å². The van der Waals surface area contributed by atoms with E-state index in [1.165, 1.54) is 0 Å². The van der Waals surface area contributed by atoms with Crippen molar-refractivity contribution in [3.8, 4) is 0 Å². The van der Waals surface area contributed by atoms with Crippen LogP contribution in [0.15, 0.2) is 46.1 Å². The van der Waals surface area contributed by atoms with Crippen molar-refractivity contribution in [2.24, 2.45) is 52.3 Å². The Labute approximate surface area is 273 Å². The minimum absolute atomic E-state index is 0. The van der Waals surface area contributed by atoms with Crippen LogP contribution in [0.2, 0.25) is 0 Å². The zero-order chi connectivity index (χ0) is 32.1. The van der Waals surface area contributed by atoms with Gasteiger partial charge in [-0.1, -0.05) is 76.0 Å². The smallest absolute Gasteiger partial charge is 0.175 e. The number of Topliss-reactive ketones (excluding diaryl/α,β-unsaturated/α-hetero) is 4. The van der Waals surface area contributed by atoms with Crippen LogP contribution in [-0.4, -0.2) is 38.5 Å². The van der Waals surface area contributed by atoms with Crippen molar-refractivity contribution in [1.29, 1.82) is 0 Å². The highest BCUT2D eigenvalue weighted by Crippen LogP contribution is 2.45. The van der Waals surface area contributed by atoms with E-state index in [0.717, 1.165) is 25.7 Å². The van der Waals surface area contributed by atoms with Crippen molar-refractivity contribution in [3.63, 3.8) is 0 Å². The molecule has 45 heavy (non-hydrogen) atoms. The lowest BCUT2D eigenvalue weighted by molar-refractivity contribution is -0.145. The van der Waals surface area contributed by atoms with E-state index in [1.54, 1.807) is 27.7 Å². The molecule has 4 unspecified atom stereocenters. The maximum Gasteiger partial charge on any atom is 0.175 e. The summed E-state index contributed by atoms with van der Waals surface area (Å²) < 4.78 is 0. The first-order chi connectivity index (χ1) is 19.3. The summed E-state index contributed by atoms with van der Waals surface area (Å²) in [7, 11) is 0. The fraction of sp³-hybridized carbons (Fsp3) is 0.684. The molecule has 0 spiro atoms. The average molecular weight is 631 g/mol. The molecule has 5 aliphatic carbocycles. The highest BCUT2D eigenvalue weighted by Gasteiger charge is 2.53. The predicted octanol–water partition coefficient (Wildman–Crippen LogP) is 9.25. The Morgan fingerprint density at radius 3 is 1.53 bits per heavy atom. The Hall–Kier alpha value is -2.96. The first kappa shape index (κ1) is 42.0. The van der Waals surface area contributed by atoms with Crippen LogP contribution in [0.4, 0.5) is 0 Å². The van der Waals surface area contributed by atoms with Gasteiger partial charge >= 0.3 is 0 Å². The second-order valence-corrected chi connectivity index (χ2v) is 14.5. The van der Waals surface area contributed by atoms with Gasteiger partial charge in [0.1, 0.15) is 17.3 Å². The van der Waals surface area contributed by atoms with E-state index in [-0.39, 0.29) is 86.7 Å². The highest BCUT2D eigenvalue weighted by molar-refractivity contribution is 6.19. The molecule has 7 heteroatoms. The van der Waals surface area contributed by atoms with Gasteiger partial charge in [-0.3, -0.25) is 19.2 Å². The van der Waals surface area contributed by atoms with E-state index in [2.05, 4.69) is 0 Å². The minimum atomic E-state index is -1.03. The molecule has 0 aromatic heterocycles. The first-order valence-electron chi connectivity index (χ1n) is 15.4. The lowest BCUT2D eigenvalue weighted by Gasteiger charge is -2.39. The summed E-state index contributed by atoms with van der Waals surface area (Å²) in [5, 5.41) is 29.7. The average Bonchev–Trinajstić information content (AvgIpc) is 3.53. The van der Waals surface area contributed by atoms with Crippen molar-refractivity contribution in [2.45, 2.75) is 117 Å². The Bertz CT molecular complexity index is 1280. The number of aliphatic hydroxyl groups is 3. The topological polar surface area (TPSA) is 129 Å². The van der Waals surface area contributed by atoms with Crippen molar-refractivity contribution in [3.05, 3.63) is 46.1 Å². The van der Waals surface area contributed by atoms with Crippen molar-refractivity contribution in [1.82, 2.24) is 0 Å². The van der Waals surface area contributed by atoms with Crippen LogP contribution in [0.25, 0.3) is 0 Å². The van der Waals surface area contributed by atoms with Gasteiger partial charge in [-0.05, 0) is 71.1 Å². The summed E-state index contributed by atoms with van der Waals surface area (Å²) in [5.74, 6) is 1.43. The standard InChI is InChI=1S/C13H20O3.C11H16O2.C11H14O2.3CH4/c1-7(2)8-9(14)12(3,4)11(16)13(5,6)10(8)15;2*1-6(2)9-10(12)7-3-4-8(5-7)11(9)13;;;/h7,14H,1-6H3;6-8,12H,3-5H2,1-2H3;3-4,6-8,12H,5H2,1-2H3;3*1H4. The van der Waals surface area contributed by atoms with E-state index in [4.69, 9.17) is 0 Å². The van der Waals surface area contributed by atoms with Gasteiger partial charge in [0.2, 0.25) is 0 Å². The lowest BCUT2D eigenvalue weighted by Crippen LogP contribution is -2.49. The number of hydrogen-bond donors (Lipinski definition) is 3. The SMILES string of the molecule is C.C.C.CC(C)C1=C(O)C(C)(C)C(=O)C(C)(C)C1=O.CC(C)C1=C(O)C2C=CC(C2)C1=O.CC(C)C1=C(O)C2CCC(C2)C1=O. The monoisotopic (exact) mass is 630 g/mol. The van der Waals surface area contributed by atoms with Gasteiger partial charge in [0, 0.05) is 40.4 Å². The number of hydrogen-bond acceptors (Lipinski definition) is 7. The summed E-state index contributed by atoms with van der Waals surface area (Å²) in [6, 6.07) is 0.